The average Bonchev–Trinajstić information content (AvgIpc) is 2.46. The average molecular weight is 307 g/mol. The Bertz CT molecular complexity index is 493. The molecule has 1 aliphatic rings. The van der Waals surface area contributed by atoms with Gasteiger partial charge in [-0.3, -0.25) is 0 Å². The van der Waals surface area contributed by atoms with E-state index in [2.05, 4.69) is 29.1 Å². The second kappa shape index (κ2) is 6.92. The molecule has 1 aromatic heterocycles. The van der Waals surface area contributed by atoms with Gasteiger partial charge in [-0.2, -0.15) is 0 Å². The molecule has 124 valence electrons. The molecule has 5 heteroatoms. The minimum atomic E-state index is -0.630. The number of anilines is 1. The number of nitrogens with zero attached hydrogens (tertiary/aromatic N) is 2. The molecule has 0 aliphatic heterocycles. The van der Waals surface area contributed by atoms with E-state index in [1.54, 1.807) is 0 Å². The van der Waals surface area contributed by atoms with Gasteiger partial charge in [0, 0.05) is 24.9 Å². The van der Waals surface area contributed by atoms with E-state index < -0.39 is 5.60 Å². The van der Waals surface area contributed by atoms with Crippen LogP contribution in [-0.4, -0.2) is 33.8 Å². The van der Waals surface area contributed by atoms with Gasteiger partial charge in [-0.05, 0) is 44.9 Å². The van der Waals surface area contributed by atoms with E-state index in [1.165, 1.54) is 0 Å². The summed E-state index contributed by atoms with van der Waals surface area (Å²) >= 11 is 0. The van der Waals surface area contributed by atoms with E-state index in [4.69, 9.17) is 4.74 Å². The zero-order chi connectivity index (χ0) is 16.2. The van der Waals surface area contributed by atoms with Gasteiger partial charge in [0.1, 0.15) is 12.4 Å². The third-order valence-electron chi connectivity index (χ3n) is 4.47. The number of hydrogen-bond acceptors (Lipinski definition) is 5. The van der Waals surface area contributed by atoms with Crippen molar-refractivity contribution in [2.24, 2.45) is 5.41 Å². The molecule has 0 unspecified atom stereocenters. The molecule has 1 heterocycles. The van der Waals surface area contributed by atoms with Crippen molar-refractivity contribution in [1.82, 2.24) is 9.97 Å². The molecule has 1 aromatic rings. The van der Waals surface area contributed by atoms with Gasteiger partial charge in [0.2, 0.25) is 0 Å². The minimum absolute atomic E-state index is 0.350. The molecule has 22 heavy (non-hydrogen) atoms. The summed E-state index contributed by atoms with van der Waals surface area (Å²) in [5.74, 6) is 1.45. The first-order valence-corrected chi connectivity index (χ1v) is 8.20. The standard InChI is InChI=1S/C17H29N3O2/c1-5-22-11-15-19-13(2)10-14(20-15)18-12-17(21)8-6-16(3,4)7-9-17/h10,21H,5-9,11-12H2,1-4H3,(H,18,19,20). The maximum atomic E-state index is 10.7. The fourth-order valence-electron chi connectivity index (χ4n) is 2.80. The highest BCUT2D eigenvalue weighted by Crippen LogP contribution is 2.40. The van der Waals surface area contributed by atoms with Crippen molar-refractivity contribution in [3.05, 3.63) is 17.6 Å². The molecule has 0 bridgehead atoms. The van der Waals surface area contributed by atoms with E-state index >= 15 is 0 Å². The van der Waals surface area contributed by atoms with Crippen LogP contribution >= 0.6 is 0 Å². The lowest BCUT2D eigenvalue weighted by Gasteiger charge is -2.40. The van der Waals surface area contributed by atoms with Crippen LogP contribution in [0, 0.1) is 12.3 Å². The quantitative estimate of drug-likeness (QED) is 0.845. The van der Waals surface area contributed by atoms with Crippen LogP contribution in [0.3, 0.4) is 0 Å². The predicted molar refractivity (Wildman–Crippen MR) is 87.8 cm³/mol. The molecule has 0 radical (unpaired) electrons. The Kier molecular flexibility index (Phi) is 5.40. The number of aromatic nitrogens is 2. The van der Waals surface area contributed by atoms with Crippen LogP contribution in [0.25, 0.3) is 0 Å². The van der Waals surface area contributed by atoms with E-state index in [0.717, 1.165) is 37.2 Å². The third kappa shape index (κ3) is 4.92. The van der Waals surface area contributed by atoms with Crippen molar-refractivity contribution >= 4 is 5.82 Å². The fourth-order valence-corrected chi connectivity index (χ4v) is 2.80. The Morgan fingerprint density at radius 1 is 1.23 bits per heavy atom. The maximum absolute atomic E-state index is 10.7. The van der Waals surface area contributed by atoms with Crippen LogP contribution in [-0.2, 0) is 11.3 Å². The summed E-state index contributed by atoms with van der Waals surface area (Å²) in [7, 11) is 0. The van der Waals surface area contributed by atoms with E-state index in [1.807, 2.05) is 19.9 Å². The number of rotatable bonds is 6. The van der Waals surface area contributed by atoms with Crippen molar-refractivity contribution in [1.29, 1.82) is 0 Å². The van der Waals surface area contributed by atoms with Crippen LogP contribution in [0.5, 0.6) is 0 Å². The summed E-state index contributed by atoms with van der Waals surface area (Å²) in [6.07, 6.45) is 3.79. The number of ether oxygens (including phenoxy) is 1. The largest absolute Gasteiger partial charge is 0.388 e. The van der Waals surface area contributed by atoms with Crippen LogP contribution in [0.4, 0.5) is 5.82 Å². The third-order valence-corrected chi connectivity index (χ3v) is 4.47. The molecule has 2 N–H and O–H groups in total. The Morgan fingerprint density at radius 3 is 2.55 bits per heavy atom. The normalized spacial score (nSPS) is 19.9. The zero-order valence-electron chi connectivity index (χ0n) is 14.3. The molecule has 0 aromatic carbocycles. The lowest BCUT2D eigenvalue weighted by Crippen LogP contribution is -2.42. The molecule has 1 aliphatic carbocycles. The molecule has 0 atom stereocenters. The van der Waals surface area contributed by atoms with Crippen molar-refractivity contribution in [2.75, 3.05) is 18.5 Å². The summed E-state index contributed by atoms with van der Waals surface area (Å²) in [6.45, 7) is 10.0. The maximum Gasteiger partial charge on any atom is 0.156 e. The Labute approximate surface area is 133 Å². The number of hydrogen-bond donors (Lipinski definition) is 2. The zero-order valence-corrected chi connectivity index (χ0v) is 14.3. The van der Waals surface area contributed by atoms with Gasteiger partial charge in [-0.25, -0.2) is 9.97 Å². The lowest BCUT2D eigenvalue weighted by atomic mass is 9.71. The van der Waals surface area contributed by atoms with Gasteiger partial charge in [-0.1, -0.05) is 13.8 Å². The van der Waals surface area contributed by atoms with Gasteiger partial charge in [-0.15, -0.1) is 0 Å². The highest BCUT2D eigenvalue weighted by molar-refractivity contribution is 5.36. The molecule has 1 fully saturated rings. The molecular formula is C17H29N3O2. The first-order valence-electron chi connectivity index (χ1n) is 8.20. The lowest BCUT2D eigenvalue weighted by molar-refractivity contribution is -0.0146. The summed E-state index contributed by atoms with van der Waals surface area (Å²) < 4.78 is 5.36. The topological polar surface area (TPSA) is 67.3 Å². The fraction of sp³-hybridized carbons (Fsp3) is 0.765. The van der Waals surface area contributed by atoms with Gasteiger partial charge in [0.15, 0.2) is 5.82 Å². The van der Waals surface area contributed by atoms with Gasteiger partial charge in [0.05, 0.1) is 5.60 Å². The Balaban J connectivity index is 1.95. The van der Waals surface area contributed by atoms with Crippen molar-refractivity contribution in [3.8, 4) is 0 Å². The van der Waals surface area contributed by atoms with Crippen molar-refractivity contribution in [3.63, 3.8) is 0 Å². The van der Waals surface area contributed by atoms with Crippen LogP contribution < -0.4 is 5.32 Å². The second-order valence-corrected chi connectivity index (χ2v) is 7.19. The molecular weight excluding hydrogens is 278 g/mol. The molecule has 2 rings (SSSR count). The van der Waals surface area contributed by atoms with E-state index in [9.17, 15) is 5.11 Å². The highest BCUT2D eigenvalue weighted by Gasteiger charge is 2.36. The van der Waals surface area contributed by atoms with Crippen LogP contribution in [0.15, 0.2) is 6.07 Å². The molecule has 0 amide bonds. The molecule has 0 saturated heterocycles. The smallest absolute Gasteiger partial charge is 0.156 e. The summed E-state index contributed by atoms with van der Waals surface area (Å²) in [6, 6.07) is 1.91. The van der Waals surface area contributed by atoms with Crippen molar-refractivity contribution in [2.45, 2.75) is 65.6 Å². The van der Waals surface area contributed by atoms with Gasteiger partial charge < -0.3 is 15.2 Å². The van der Waals surface area contributed by atoms with Crippen LogP contribution in [0.1, 0.15) is 58.0 Å². The van der Waals surface area contributed by atoms with Gasteiger partial charge in [0.25, 0.3) is 0 Å². The summed E-state index contributed by atoms with van der Waals surface area (Å²) in [5, 5.41) is 14.0. The minimum Gasteiger partial charge on any atom is -0.388 e. The molecule has 5 nitrogen and oxygen atoms in total. The Hall–Kier alpha value is -1.20. The first-order chi connectivity index (χ1) is 10.3. The molecule has 1 saturated carbocycles. The number of aryl methyl sites for hydroxylation is 1. The van der Waals surface area contributed by atoms with E-state index in [0.29, 0.717) is 31.0 Å². The SMILES string of the molecule is CCOCc1nc(C)cc(NCC2(O)CCC(C)(C)CC2)n1. The predicted octanol–water partition coefficient (Wildman–Crippen LogP) is 3.06. The summed E-state index contributed by atoms with van der Waals surface area (Å²) in [5.41, 5.74) is 0.626. The first kappa shape index (κ1) is 17.2. The Morgan fingerprint density at radius 2 is 1.91 bits per heavy atom. The van der Waals surface area contributed by atoms with Crippen molar-refractivity contribution < 1.29 is 9.84 Å². The number of nitrogens with one attached hydrogen (secondary N) is 1. The van der Waals surface area contributed by atoms with E-state index in [-0.39, 0.29) is 0 Å². The number of aliphatic hydroxyl groups is 1. The second-order valence-electron chi connectivity index (χ2n) is 7.19. The van der Waals surface area contributed by atoms with Gasteiger partial charge >= 0.3 is 0 Å². The molecule has 0 spiro atoms. The monoisotopic (exact) mass is 307 g/mol. The summed E-state index contributed by atoms with van der Waals surface area (Å²) in [4.78, 5) is 8.82. The van der Waals surface area contributed by atoms with Crippen LogP contribution in [0.2, 0.25) is 0 Å². The highest BCUT2D eigenvalue weighted by atomic mass is 16.5.